The van der Waals surface area contributed by atoms with E-state index >= 15 is 0 Å². The van der Waals surface area contributed by atoms with Crippen molar-refractivity contribution < 1.29 is 44.3 Å². The molecule has 43 heavy (non-hydrogen) atoms. The van der Waals surface area contributed by atoms with Gasteiger partial charge in [-0.25, -0.2) is 9.18 Å². The highest BCUT2D eigenvalue weighted by Gasteiger charge is 2.52. The van der Waals surface area contributed by atoms with Gasteiger partial charge in [0, 0.05) is 35.6 Å². The number of H-pyrrole nitrogens is 1. The summed E-state index contributed by atoms with van der Waals surface area (Å²) in [5, 5.41) is 50.8. The number of aliphatic carboxylic acids is 3. The summed E-state index contributed by atoms with van der Waals surface area (Å²) in [5.41, 5.74) is 0.592. The van der Waals surface area contributed by atoms with E-state index in [0.717, 1.165) is 32.4 Å². The number of carboxylic acid groups (broad SMARTS) is 3. The molecule has 3 aromatic rings. The van der Waals surface area contributed by atoms with Gasteiger partial charge in [-0.1, -0.05) is 30.3 Å². The number of nitrogens with zero attached hydrogens (tertiary/aromatic N) is 1. The first-order valence-electron chi connectivity index (χ1n) is 14.1. The predicted octanol–water partition coefficient (Wildman–Crippen LogP) is 2.65. The van der Waals surface area contributed by atoms with E-state index in [-0.39, 0.29) is 17.3 Å². The third-order valence-corrected chi connectivity index (χ3v) is 8.53. The van der Waals surface area contributed by atoms with E-state index in [2.05, 4.69) is 39.5 Å². The third kappa shape index (κ3) is 6.72. The molecule has 0 saturated heterocycles. The van der Waals surface area contributed by atoms with Crippen molar-refractivity contribution in [3.63, 3.8) is 0 Å². The monoisotopic (exact) mass is 599 g/mol. The number of para-hydroxylation sites is 1. The average Bonchev–Trinajstić information content (AvgIpc) is 3.30. The first-order valence-corrected chi connectivity index (χ1v) is 14.1. The van der Waals surface area contributed by atoms with Gasteiger partial charge in [-0.15, -0.1) is 0 Å². The van der Waals surface area contributed by atoms with E-state index in [4.69, 9.17) is 20.4 Å². The number of aromatic amines is 1. The lowest BCUT2D eigenvalue weighted by molar-refractivity contribution is -0.170. The first-order chi connectivity index (χ1) is 20.2. The van der Waals surface area contributed by atoms with Gasteiger partial charge in [0.25, 0.3) is 0 Å². The van der Waals surface area contributed by atoms with Crippen molar-refractivity contribution in [2.75, 3.05) is 27.2 Å². The molecule has 0 bridgehead atoms. The molecule has 12 heteroatoms. The van der Waals surface area contributed by atoms with Gasteiger partial charge in [0.05, 0.1) is 24.0 Å². The van der Waals surface area contributed by atoms with Crippen LogP contribution in [0.25, 0.3) is 10.9 Å². The van der Waals surface area contributed by atoms with E-state index in [1.165, 1.54) is 34.3 Å². The largest absolute Gasteiger partial charge is 0.481 e. The van der Waals surface area contributed by atoms with Crippen molar-refractivity contribution in [3.8, 4) is 0 Å². The normalized spacial score (nSPS) is 23.4. The molecule has 1 spiro atoms. The van der Waals surface area contributed by atoms with Gasteiger partial charge in [-0.05, 0) is 69.1 Å². The van der Waals surface area contributed by atoms with Crippen molar-refractivity contribution in [2.45, 2.75) is 55.3 Å². The number of carbonyl (C=O) groups is 3. The van der Waals surface area contributed by atoms with Crippen LogP contribution in [0.2, 0.25) is 0 Å². The predicted molar refractivity (Wildman–Crippen MR) is 155 cm³/mol. The minimum absolute atomic E-state index is 0.0205. The highest BCUT2D eigenvalue weighted by molar-refractivity contribution is 5.88. The molecule has 3 unspecified atom stereocenters. The SMILES string of the molecule is CN(C)CC1CC2(CCC1(O)c1cccc(F)c1)NCCc1c2[nH]c2ccccc12.O=C(O)CC(O)(CC(=O)O)C(=O)O. The number of hydrogen-bond acceptors (Lipinski definition) is 7. The zero-order valence-corrected chi connectivity index (χ0v) is 24.1. The molecule has 1 aromatic heterocycles. The Morgan fingerprint density at radius 1 is 1.02 bits per heavy atom. The van der Waals surface area contributed by atoms with Crippen LogP contribution < -0.4 is 5.32 Å². The second kappa shape index (κ2) is 12.4. The maximum atomic E-state index is 14.0. The number of benzene rings is 2. The Labute approximate surface area is 248 Å². The van der Waals surface area contributed by atoms with Gasteiger partial charge in [0.2, 0.25) is 0 Å². The van der Waals surface area contributed by atoms with E-state index in [1.807, 2.05) is 20.2 Å². The Morgan fingerprint density at radius 3 is 2.30 bits per heavy atom. The van der Waals surface area contributed by atoms with Crippen LogP contribution in [-0.4, -0.2) is 86.1 Å². The van der Waals surface area contributed by atoms with Crippen LogP contribution >= 0.6 is 0 Å². The van der Waals surface area contributed by atoms with Crippen molar-refractivity contribution in [3.05, 3.63) is 71.2 Å². The van der Waals surface area contributed by atoms with Crippen molar-refractivity contribution in [1.29, 1.82) is 0 Å². The lowest BCUT2D eigenvalue weighted by Crippen LogP contribution is -2.57. The zero-order valence-electron chi connectivity index (χ0n) is 24.1. The summed E-state index contributed by atoms with van der Waals surface area (Å²) in [6, 6.07) is 15.0. The quantitative estimate of drug-likeness (QED) is 0.203. The minimum Gasteiger partial charge on any atom is -0.481 e. The summed E-state index contributed by atoms with van der Waals surface area (Å²) in [4.78, 5) is 36.3. The Kier molecular flexibility index (Phi) is 9.26. The molecule has 0 radical (unpaired) electrons. The lowest BCUT2D eigenvalue weighted by atomic mass is 9.62. The molecule has 1 aliphatic carbocycles. The number of carboxylic acids is 3. The van der Waals surface area contributed by atoms with E-state index in [9.17, 15) is 23.9 Å². The number of aromatic nitrogens is 1. The molecule has 1 fully saturated rings. The molecular formula is C31H38FN3O8. The standard InChI is InChI=1S/C25H30FN3O.C6H8O7/c1-29(2)16-18-15-24(11-12-25(18,30)17-6-5-7-19(26)14-17)23-21(10-13-27-24)20-8-3-4-9-22(20)28-23;7-3(8)1-6(13,5(11)12)2-4(9)10/h3-9,14,18,27-28,30H,10-13,15-16H2,1-2H3;13H,1-2H2,(H,7,8)(H,9,10)(H,11,12). The molecule has 0 amide bonds. The molecule has 7 N–H and O–H groups in total. The fraction of sp³-hybridized carbons (Fsp3) is 0.452. The van der Waals surface area contributed by atoms with Crippen molar-refractivity contribution in [2.24, 2.45) is 5.92 Å². The van der Waals surface area contributed by atoms with Crippen LogP contribution in [0.4, 0.5) is 4.39 Å². The molecule has 3 atom stereocenters. The van der Waals surface area contributed by atoms with Gasteiger partial charge in [0.15, 0.2) is 5.60 Å². The number of fused-ring (bicyclic) bond motifs is 4. The summed E-state index contributed by atoms with van der Waals surface area (Å²) >= 11 is 0. The number of aliphatic hydroxyl groups is 2. The Hall–Kier alpha value is -3.84. The van der Waals surface area contributed by atoms with E-state index in [1.54, 1.807) is 6.07 Å². The van der Waals surface area contributed by atoms with Crippen LogP contribution in [0, 0.1) is 11.7 Å². The number of nitrogens with one attached hydrogen (secondary N) is 2. The summed E-state index contributed by atoms with van der Waals surface area (Å²) in [6.07, 6.45) is 0.926. The molecule has 2 heterocycles. The third-order valence-electron chi connectivity index (χ3n) is 8.53. The zero-order chi connectivity index (χ0) is 31.6. The first kappa shape index (κ1) is 32.1. The number of halogens is 1. The Morgan fingerprint density at radius 2 is 1.70 bits per heavy atom. The van der Waals surface area contributed by atoms with Crippen LogP contribution in [-0.2, 0) is 31.9 Å². The molecule has 11 nitrogen and oxygen atoms in total. The molecule has 1 saturated carbocycles. The smallest absolute Gasteiger partial charge is 0.336 e. The molecule has 2 aromatic carbocycles. The fourth-order valence-corrected chi connectivity index (χ4v) is 6.58. The maximum Gasteiger partial charge on any atom is 0.336 e. The summed E-state index contributed by atoms with van der Waals surface area (Å²) < 4.78 is 14.0. The molecule has 232 valence electrons. The second-order valence-corrected chi connectivity index (χ2v) is 11.9. The molecule has 2 aliphatic rings. The molecular weight excluding hydrogens is 561 g/mol. The minimum atomic E-state index is -2.74. The van der Waals surface area contributed by atoms with Gasteiger partial charge in [-0.3, -0.25) is 9.59 Å². The van der Waals surface area contributed by atoms with E-state index in [0.29, 0.717) is 12.0 Å². The number of rotatable bonds is 8. The van der Waals surface area contributed by atoms with Crippen molar-refractivity contribution in [1.82, 2.24) is 15.2 Å². The van der Waals surface area contributed by atoms with E-state index < -0.39 is 42.0 Å². The van der Waals surface area contributed by atoms with Gasteiger partial charge >= 0.3 is 17.9 Å². The fourth-order valence-electron chi connectivity index (χ4n) is 6.58. The van der Waals surface area contributed by atoms with Crippen LogP contribution in [0.1, 0.15) is 48.9 Å². The average molecular weight is 600 g/mol. The molecule has 1 aliphatic heterocycles. The second-order valence-electron chi connectivity index (χ2n) is 11.9. The Bertz CT molecular complexity index is 1490. The van der Waals surface area contributed by atoms with Gasteiger partial charge < -0.3 is 40.7 Å². The summed E-state index contributed by atoms with van der Waals surface area (Å²) in [7, 11) is 4.08. The Balaban J connectivity index is 0.000000277. The summed E-state index contributed by atoms with van der Waals surface area (Å²) in [6.45, 7) is 1.67. The van der Waals surface area contributed by atoms with Crippen LogP contribution in [0.5, 0.6) is 0 Å². The topological polar surface area (TPSA) is 183 Å². The maximum absolute atomic E-state index is 14.0. The van der Waals surface area contributed by atoms with Crippen molar-refractivity contribution >= 4 is 28.8 Å². The number of hydrogen-bond donors (Lipinski definition) is 7. The lowest BCUT2D eigenvalue weighted by Gasteiger charge is -2.51. The summed E-state index contributed by atoms with van der Waals surface area (Å²) in [5.74, 6) is -5.33. The van der Waals surface area contributed by atoms with Crippen LogP contribution in [0.15, 0.2) is 48.5 Å². The van der Waals surface area contributed by atoms with Crippen LogP contribution in [0.3, 0.4) is 0 Å². The highest BCUT2D eigenvalue weighted by atomic mass is 19.1. The highest BCUT2D eigenvalue weighted by Crippen LogP contribution is 2.51. The van der Waals surface area contributed by atoms with Gasteiger partial charge in [0.1, 0.15) is 5.82 Å². The van der Waals surface area contributed by atoms with Gasteiger partial charge in [-0.2, -0.15) is 0 Å². The molecule has 5 rings (SSSR count).